The van der Waals surface area contributed by atoms with Crippen LogP contribution in [0.4, 0.5) is 0 Å². The van der Waals surface area contributed by atoms with E-state index in [4.69, 9.17) is 23.2 Å². The molecule has 0 aliphatic heterocycles. The maximum Gasteiger partial charge on any atom is 0.260 e. The third kappa shape index (κ3) is 3.32. The summed E-state index contributed by atoms with van der Waals surface area (Å²) in [7, 11) is -3.60. The molecule has 2 aromatic heterocycles. The van der Waals surface area contributed by atoms with Gasteiger partial charge in [-0.25, -0.2) is 13.4 Å². The van der Waals surface area contributed by atoms with Crippen LogP contribution in [0.2, 0.25) is 10.0 Å². The molecule has 9 heteroatoms. The van der Waals surface area contributed by atoms with Crippen LogP contribution >= 0.6 is 23.2 Å². The first-order valence-electron chi connectivity index (χ1n) is 8.84. The number of benzene rings is 1. The van der Waals surface area contributed by atoms with Gasteiger partial charge >= 0.3 is 0 Å². The van der Waals surface area contributed by atoms with Crippen molar-refractivity contribution >= 4 is 44.1 Å². The van der Waals surface area contributed by atoms with E-state index in [1.807, 2.05) is 0 Å². The number of fused-ring (bicyclic) bond motifs is 1. The lowest BCUT2D eigenvalue weighted by molar-refractivity contribution is 0.514. The van der Waals surface area contributed by atoms with Crippen LogP contribution in [0.15, 0.2) is 40.4 Å². The molecule has 0 amide bonds. The van der Waals surface area contributed by atoms with E-state index >= 15 is 0 Å². The Labute approximate surface area is 172 Å². The van der Waals surface area contributed by atoms with Gasteiger partial charge in [0.25, 0.3) is 5.56 Å². The molecule has 1 aliphatic rings. The van der Waals surface area contributed by atoms with Gasteiger partial charge < -0.3 is 0 Å². The van der Waals surface area contributed by atoms with Crippen molar-refractivity contribution < 1.29 is 8.42 Å². The number of halogens is 2. The van der Waals surface area contributed by atoms with Crippen molar-refractivity contribution in [2.24, 2.45) is 0 Å². The Morgan fingerprint density at radius 2 is 1.79 bits per heavy atom. The number of pyridine rings is 1. The Bertz CT molecular complexity index is 1230. The molecular weight excluding hydrogens is 421 g/mol. The second-order valence-electron chi connectivity index (χ2n) is 6.97. The number of sulfone groups is 1. The molecule has 0 unspecified atom stereocenters. The van der Waals surface area contributed by atoms with Crippen molar-refractivity contribution in [1.82, 2.24) is 14.5 Å². The van der Waals surface area contributed by atoms with Gasteiger partial charge in [0.2, 0.25) is 15.0 Å². The minimum atomic E-state index is -3.60. The second-order valence-corrected chi connectivity index (χ2v) is 9.70. The fraction of sp³-hybridized carbons (Fsp3) is 0.316. The van der Waals surface area contributed by atoms with Crippen molar-refractivity contribution in [3.63, 3.8) is 0 Å². The molecule has 3 aromatic rings. The number of hydrogen-bond acceptors (Lipinski definition) is 5. The molecule has 28 heavy (non-hydrogen) atoms. The Kier molecular flexibility index (Phi) is 4.93. The number of nitrogens with zero attached hydrogens (tertiary/aromatic N) is 3. The highest BCUT2D eigenvalue weighted by molar-refractivity contribution is 7.90. The molecule has 0 spiro atoms. The van der Waals surface area contributed by atoms with E-state index in [1.54, 1.807) is 28.8 Å². The molecule has 146 valence electrons. The van der Waals surface area contributed by atoms with E-state index in [-0.39, 0.29) is 16.8 Å². The van der Waals surface area contributed by atoms with Gasteiger partial charge in [-0.1, -0.05) is 42.1 Å². The summed E-state index contributed by atoms with van der Waals surface area (Å²) in [5, 5.41) is 1.01. The van der Waals surface area contributed by atoms with Crippen LogP contribution < -0.4 is 5.56 Å². The van der Waals surface area contributed by atoms with Crippen molar-refractivity contribution in [3.05, 3.63) is 50.9 Å². The third-order valence-electron chi connectivity index (χ3n) is 5.00. The number of rotatable bonds is 3. The second kappa shape index (κ2) is 7.13. The lowest BCUT2D eigenvalue weighted by atomic mass is 10.0. The van der Waals surface area contributed by atoms with Crippen LogP contribution in [0.5, 0.6) is 0 Å². The smallest absolute Gasteiger partial charge is 0.260 e. The summed E-state index contributed by atoms with van der Waals surface area (Å²) in [6, 6.07) is 6.64. The highest BCUT2D eigenvalue weighted by atomic mass is 35.5. The Balaban J connectivity index is 2.10. The van der Waals surface area contributed by atoms with Crippen LogP contribution in [-0.2, 0) is 9.84 Å². The van der Waals surface area contributed by atoms with Crippen LogP contribution in [0.3, 0.4) is 0 Å². The molecule has 1 aromatic carbocycles. The first kappa shape index (κ1) is 19.4. The van der Waals surface area contributed by atoms with Crippen molar-refractivity contribution in [3.8, 4) is 11.1 Å². The molecule has 0 atom stereocenters. The number of aromatic nitrogens is 3. The van der Waals surface area contributed by atoms with Gasteiger partial charge in [-0.05, 0) is 31.0 Å². The van der Waals surface area contributed by atoms with E-state index in [0.717, 1.165) is 31.9 Å². The summed E-state index contributed by atoms with van der Waals surface area (Å²) >= 11 is 12.7. The molecule has 0 N–H and O–H groups in total. The topological polar surface area (TPSA) is 81.9 Å². The molecular formula is C19H17Cl2N3O3S. The lowest BCUT2D eigenvalue weighted by Gasteiger charge is -2.18. The predicted octanol–water partition coefficient (Wildman–Crippen LogP) is 4.28. The Morgan fingerprint density at radius 1 is 1.14 bits per heavy atom. The lowest BCUT2D eigenvalue weighted by Crippen LogP contribution is -2.26. The van der Waals surface area contributed by atoms with E-state index in [2.05, 4.69) is 9.97 Å². The maximum atomic E-state index is 13.5. The summed E-state index contributed by atoms with van der Waals surface area (Å²) in [4.78, 5) is 21.7. The Morgan fingerprint density at radius 3 is 2.39 bits per heavy atom. The molecule has 4 rings (SSSR count). The van der Waals surface area contributed by atoms with Gasteiger partial charge in [-0.2, -0.15) is 4.98 Å². The summed E-state index contributed by atoms with van der Waals surface area (Å²) in [5.41, 5.74) is 0.842. The van der Waals surface area contributed by atoms with Gasteiger partial charge in [0.1, 0.15) is 5.65 Å². The standard InChI is InChI=1S/C19H17Cl2N3O3S/c1-28(26,27)19-22-10-11-9-13(16-14(20)7-4-8-15(16)21)18(25)24(17(11)23-19)12-5-2-3-6-12/h4,7-10,12H,2-3,5-6H2,1H3. The van der Waals surface area contributed by atoms with Crippen molar-refractivity contribution in [2.75, 3.05) is 6.26 Å². The highest BCUT2D eigenvalue weighted by Gasteiger charge is 2.25. The molecule has 1 saturated carbocycles. The van der Waals surface area contributed by atoms with E-state index in [0.29, 0.717) is 32.2 Å². The first-order valence-corrected chi connectivity index (χ1v) is 11.5. The minimum Gasteiger partial charge on any atom is -0.289 e. The van der Waals surface area contributed by atoms with Gasteiger partial charge in [0, 0.05) is 29.4 Å². The molecule has 2 heterocycles. The molecule has 0 saturated heterocycles. The third-order valence-corrected chi connectivity index (χ3v) is 6.49. The predicted molar refractivity (Wildman–Crippen MR) is 110 cm³/mol. The summed E-state index contributed by atoms with van der Waals surface area (Å²) < 4.78 is 25.4. The zero-order valence-corrected chi connectivity index (χ0v) is 17.4. The molecule has 0 radical (unpaired) electrons. The molecule has 1 fully saturated rings. The fourth-order valence-corrected chi connectivity index (χ4v) is 4.82. The summed E-state index contributed by atoms with van der Waals surface area (Å²) in [6.45, 7) is 0. The van der Waals surface area contributed by atoms with E-state index < -0.39 is 9.84 Å². The number of hydrogen-bond donors (Lipinski definition) is 0. The summed E-state index contributed by atoms with van der Waals surface area (Å²) in [5.74, 6) is 0. The fourth-order valence-electron chi connectivity index (χ4n) is 3.72. The highest BCUT2D eigenvalue weighted by Crippen LogP contribution is 2.36. The minimum absolute atomic E-state index is 0.0569. The van der Waals surface area contributed by atoms with Gasteiger partial charge in [0.05, 0.1) is 15.6 Å². The Hall–Kier alpha value is -1.96. The largest absolute Gasteiger partial charge is 0.289 e. The first-order chi connectivity index (χ1) is 13.3. The zero-order chi connectivity index (χ0) is 20.1. The van der Waals surface area contributed by atoms with Crippen LogP contribution in [0.25, 0.3) is 22.2 Å². The van der Waals surface area contributed by atoms with Gasteiger partial charge in [-0.3, -0.25) is 9.36 Å². The average molecular weight is 438 g/mol. The van der Waals surface area contributed by atoms with Crippen LogP contribution in [0, 0.1) is 0 Å². The normalized spacial score (nSPS) is 15.4. The van der Waals surface area contributed by atoms with Crippen LogP contribution in [0.1, 0.15) is 31.7 Å². The molecule has 0 bridgehead atoms. The van der Waals surface area contributed by atoms with E-state index in [1.165, 1.54) is 6.20 Å². The SMILES string of the molecule is CS(=O)(=O)c1ncc2cc(-c3c(Cl)cccc3Cl)c(=O)n(C3CCCC3)c2n1. The van der Waals surface area contributed by atoms with Gasteiger partial charge in [-0.15, -0.1) is 0 Å². The molecule has 6 nitrogen and oxygen atoms in total. The monoisotopic (exact) mass is 437 g/mol. The van der Waals surface area contributed by atoms with Crippen molar-refractivity contribution in [2.45, 2.75) is 36.9 Å². The summed E-state index contributed by atoms with van der Waals surface area (Å²) in [6.07, 6.45) is 6.13. The molecule has 1 aliphatic carbocycles. The maximum absolute atomic E-state index is 13.5. The van der Waals surface area contributed by atoms with Crippen LogP contribution in [-0.4, -0.2) is 29.2 Å². The van der Waals surface area contributed by atoms with E-state index in [9.17, 15) is 13.2 Å². The van der Waals surface area contributed by atoms with Gasteiger partial charge in [0.15, 0.2) is 0 Å². The average Bonchev–Trinajstić information content (AvgIpc) is 3.15. The quantitative estimate of drug-likeness (QED) is 0.570. The zero-order valence-electron chi connectivity index (χ0n) is 15.0. The van der Waals surface area contributed by atoms with Crippen molar-refractivity contribution in [1.29, 1.82) is 0 Å².